The van der Waals surface area contributed by atoms with Crippen molar-refractivity contribution in [3.05, 3.63) is 283 Å². The summed E-state index contributed by atoms with van der Waals surface area (Å²) in [5.74, 6) is -10.2. The molecule has 0 aromatic heterocycles. The van der Waals surface area contributed by atoms with E-state index in [0.717, 1.165) is 45.5 Å². The minimum atomic E-state index is -4.88. The lowest BCUT2D eigenvalue weighted by atomic mass is 9.79. The first-order chi connectivity index (χ1) is 51.6. The molecular formula is C85H90N2O18S4. The average molecular weight is 1560 g/mol. The normalized spacial score (nSPS) is 17.9. The molecule has 0 radical (unpaired) electrons. The van der Waals surface area contributed by atoms with Crippen LogP contribution in [-0.4, -0.2) is 97.0 Å². The molecular weight excluding hydrogens is 1470 g/mol. The fourth-order valence-corrected chi connectivity index (χ4v) is 18.3. The SMILES string of the molecule is COC1(OC)CCN([C@H](C)c2ccccc2)Cc2c(O)c3cc(c2O)C(C)c2cc(c(OS(=O)(=O)c4ccc(C)cc4)cc2OS(=O)(=O)c2ccc(C)cc2)C(C)c2cc(c(O)c(c2O)CN([C@H](C)c2ccccc2)CC1)C(C)c1cc(c(OS(=O)(=O)c2ccc(C)cc2)cc1OS(=O)(=O)c1ccc(C)cc1)C3C. The van der Waals surface area contributed by atoms with Crippen LogP contribution in [0.4, 0.5) is 0 Å². The zero-order valence-electron chi connectivity index (χ0n) is 62.7. The van der Waals surface area contributed by atoms with Crippen molar-refractivity contribution >= 4 is 40.5 Å². The summed E-state index contributed by atoms with van der Waals surface area (Å²) in [6.07, 6.45) is 0.327. The van der Waals surface area contributed by atoms with Crippen LogP contribution in [-0.2, 0) is 63.0 Å². The Morgan fingerprint density at radius 1 is 0.349 bits per heavy atom. The molecule has 4 unspecified atom stereocenters. The molecule has 10 aromatic carbocycles. The van der Waals surface area contributed by atoms with Gasteiger partial charge in [0.25, 0.3) is 0 Å². The number of nitrogens with zero attached hydrogens (tertiary/aromatic N) is 2. The average Bonchev–Trinajstić information content (AvgIpc) is 0.721. The molecule has 10 bridgehead atoms. The van der Waals surface area contributed by atoms with Gasteiger partial charge in [0.1, 0.15) is 42.6 Å². The molecule has 2 aliphatic heterocycles. The van der Waals surface area contributed by atoms with Crippen molar-refractivity contribution in [2.45, 2.75) is 156 Å². The van der Waals surface area contributed by atoms with Crippen LogP contribution >= 0.6 is 0 Å². The van der Waals surface area contributed by atoms with Crippen LogP contribution in [0, 0.1) is 27.7 Å². The molecule has 20 nitrogen and oxygen atoms in total. The highest BCUT2D eigenvalue weighted by molar-refractivity contribution is 7.88. The van der Waals surface area contributed by atoms with Crippen LogP contribution in [0.5, 0.6) is 46.0 Å². The van der Waals surface area contributed by atoms with E-state index in [4.69, 9.17) is 26.2 Å². The predicted octanol–water partition coefficient (Wildman–Crippen LogP) is 16.6. The maximum Gasteiger partial charge on any atom is 0.339 e. The van der Waals surface area contributed by atoms with Crippen molar-refractivity contribution in [2.24, 2.45) is 0 Å². The van der Waals surface area contributed by atoms with Gasteiger partial charge >= 0.3 is 40.5 Å². The van der Waals surface area contributed by atoms with Crippen molar-refractivity contribution < 1.29 is 80.3 Å². The molecule has 3 aliphatic rings. The molecule has 4 N–H and O–H groups in total. The summed E-state index contributed by atoms with van der Waals surface area (Å²) in [5.41, 5.74) is 4.59. The predicted molar refractivity (Wildman–Crippen MR) is 415 cm³/mol. The molecule has 6 atom stereocenters. The van der Waals surface area contributed by atoms with E-state index in [1.807, 2.05) is 84.3 Å². The summed E-state index contributed by atoms with van der Waals surface area (Å²) in [6, 6.07) is 49.8. The first kappa shape index (κ1) is 78.8. The second-order valence-electron chi connectivity index (χ2n) is 28.5. The number of aromatic hydroxyl groups is 4. The van der Waals surface area contributed by atoms with Gasteiger partial charge in [-0.2, -0.15) is 33.7 Å². The van der Waals surface area contributed by atoms with Crippen LogP contribution in [0.2, 0.25) is 0 Å². The van der Waals surface area contributed by atoms with E-state index in [-0.39, 0.29) is 114 Å². The largest absolute Gasteiger partial charge is 0.507 e. The Bertz CT molecular complexity index is 4910. The lowest BCUT2D eigenvalue weighted by Crippen LogP contribution is -2.42. The van der Waals surface area contributed by atoms with E-state index in [2.05, 4.69) is 0 Å². The first-order valence-electron chi connectivity index (χ1n) is 35.9. The number of ether oxygens (including phenoxy) is 2. The van der Waals surface area contributed by atoms with Gasteiger partial charge in [0, 0.05) is 146 Å². The van der Waals surface area contributed by atoms with Crippen LogP contribution in [0.1, 0.15) is 179 Å². The molecule has 0 fully saturated rings. The number of benzene rings is 10. The lowest BCUT2D eigenvalue weighted by Gasteiger charge is -2.38. The number of phenolic OH excluding ortho intramolecular Hbond substituents is 4. The van der Waals surface area contributed by atoms with Gasteiger partial charge in [-0.3, -0.25) is 9.80 Å². The Kier molecular flexibility index (Phi) is 22.6. The lowest BCUT2D eigenvalue weighted by molar-refractivity contribution is -0.219. The Hall–Kier alpha value is -9.76. The van der Waals surface area contributed by atoms with E-state index in [1.165, 1.54) is 87.0 Å². The van der Waals surface area contributed by atoms with Crippen molar-refractivity contribution in [3.8, 4) is 46.0 Å². The molecule has 2 heterocycles. The van der Waals surface area contributed by atoms with E-state index in [9.17, 15) is 20.4 Å². The molecule has 13 rings (SSSR count). The molecule has 1 aliphatic carbocycles. The molecule has 10 aromatic rings. The van der Waals surface area contributed by atoms with Gasteiger partial charge < -0.3 is 46.6 Å². The summed E-state index contributed by atoms with van der Waals surface area (Å²) in [7, 11) is -16.4. The minimum absolute atomic E-state index is 0.00544. The number of rotatable bonds is 18. The van der Waals surface area contributed by atoms with Crippen molar-refractivity contribution in [2.75, 3.05) is 27.3 Å². The first-order valence-corrected chi connectivity index (χ1v) is 41.5. The van der Waals surface area contributed by atoms with Crippen molar-refractivity contribution in [3.63, 3.8) is 0 Å². The second kappa shape index (κ2) is 31.3. The van der Waals surface area contributed by atoms with Gasteiger partial charge in [0.2, 0.25) is 0 Å². The van der Waals surface area contributed by atoms with Crippen molar-refractivity contribution in [1.29, 1.82) is 0 Å². The number of hydrogen-bond acceptors (Lipinski definition) is 20. The number of phenols is 4. The fraction of sp³-hybridized carbons (Fsp3) is 0.294. The molecule has 0 saturated carbocycles. The third kappa shape index (κ3) is 16.3. The molecule has 109 heavy (non-hydrogen) atoms. The highest BCUT2D eigenvalue weighted by atomic mass is 32.2. The molecule has 572 valence electrons. The van der Waals surface area contributed by atoms with Gasteiger partial charge in [-0.15, -0.1) is 0 Å². The fourth-order valence-electron chi connectivity index (χ4n) is 14.5. The summed E-state index contributed by atoms with van der Waals surface area (Å²) < 4.78 is 159. The zero-order valence-corrected chi connectivity index (χ0v) is 66.0. The van der Waals surface area contributed by atoms with Crippen LogP contribution < -0.4 is 16.7 Å². The monoisotopic (exact) mass is 1550 g/mol. The summed E-state index contributed by atoms with van der Waals surface area (Å²) in [5, 5.41) is 54.6. The molecule has 24 heteroatoms. The Morgan fingerprint density at radius 3 is 0.807 bits per heavy atom. The summed E-state index contributed by atoms with van der Waals surface area (Å²) >= 11 is 0. The van der Waals surface area contributed by atoms with E-state index in [0.29, 0.717) is 0 Å². The van der Waals surface area contributed by atoms with Crippen LogP contribution in [0.3, 0.4) is 0 Å². The highest BCUT2D eigenvalue weighted by Crippen LogP contribution is 2.54. The third-order valence-corrected chi connectivity index (χ3v) is 26.6. The van der Waals surface area contributed by atoms with Crippen LogP contribution in [0.25, 0.3) is 0 Å². The topological polar surface area (TPSA) is 279 Å². The molecule has 0 saturated heterocycles. The van der Waals surface area contributed by atoms with E-state index < -0.39 is 128 Å². The Morgan fingerprint density at radius 2 is 0.578 bits per heavy atom. The molecule has 0 spiro atoms. The van der Waals surface area contributed by atoms with Gasteiger partial charge in [0.15, 0.2) is 28.8 Å². The smallest absolute Gasteiger partial charge is 0.339 e. The summed E-state index contributed by atoms with van der Waals surface area (Å²) in [6.45, 7) is 17.4. The maximum absolute atomic E-state index is 15.1. The maximum atomic E-state index is 15.1. The standard InChI is InChI=1S/C85H90N2O18S4/c1-51-23-31-63(32-24-51)106(92,93)102-77-47-78(103-107(94,95)64-33-25-52(2)26-34-64)68-43-67(77)55(5)71-45-72-57(7)69-44-70(80(105-109(98,99)66-37-29-54(4)30-38-66)48-79(69)104-108(96,97)65-35-27-53(3)28-36-65)58(8)74-46-73(56(68)6)83(90)76(84(74)91)50-87(60(10)62-21-17-14-18-22-62)42-40-85(100-11,101-12)39-41-86(49-75(81(71)88)82(72)89)59(9)61-19-15-13-16-20-61/h13-38,43-48,55-60,88-91H,39-42,49-50H2,1-12H3/t55?,56?,57?,58?,59-,60-/m1/s1. The second-order valence-corrected chi connectivity index (χ2v) is 34.7. The van der Waals surface area contributed by atoms with Crippen molar-refractivity contribution in [1.82, 2.24) is 9.80 Å². The minimum Gasteiger partial charge on any atom is -0.507 e. The molecule has 0 amide bonds. The quantitative estimate of drug-likeness (QED) is 0.0459. The zero-order chi connectivity index (χ0) is 78.4. The third-order valence-electron chi connectivity index (χ3n) is 21.6. The Labute approximate surface area is 639 Å². The summed E-state index contributed by atoms with van der Waals surface area (Å²) in [4.78, 5) is 2.94. The van der Waals surface area contributed by atoms with Gasteiger partial charge in [-0.25, -0.2) is 0 Å². The Balaban J connectivity index is 1.25. The highest BCUT2D eigenvalue weighted by Gasteiger charge is 2.40. The van der Waals surface area contributed by atoms with Gasteiger partial charge in [-0.05, 0) is 125 Å². The van der Waals surface area contributed by atoms with Gasteiger partial charge in [0.05, 0.1) is 11.1 Å². The number of fused-ring (bicyclic) bond motifs is 8. The number of hydrogen-bond donors (Lipinski definition) is 4. The number of aryl methyl sites for hydroxylation is 4. The number of methoxy groups -OCH3 is 2. The van der Waals surface area contributed by atoms with Gasteiger partial charge in [-0.1, -0.05) is 159 Å². The van der Waals surface area contributed by atoms with E-state index in [1.54, 1.807) is 104 Å². The van der Waals surface area contributed by atoms with Crippen LogP contribution in [0.15, 0.2) is 214 Å². The van der Waals surface area contributed by atoms with E-state index >= 15 is 33.7 Å².